The first kappa shape index (κ1) is 19.5. The molecule has 8 heteroatoms. The molecule has 0 heterocycles. The fourth-order valence-corrected chi connectivity index (χ4v) is 2.11. The summed E-state index contributed by atoms with van der Waals surface area (Å²) in [4.78, 5) is 23.1. The van der Waals surface area contributed by atoms with Gasteiger partial charge in [-0.25, -0.2) is 9.59 Å². The van der Waals surface area contributed by atoms with Crippen molar-refractivity contribution >= 4 is 29.6 Å². The van der Waals surface area contributed by atoms with Crippen molar-refractivity contribution in [2.45, 2.75) is 6.18 Å². The molecule has 2 rings (SSSR count). The van der Waals surface area contributed by atoms with Crippen molar-refractivity contribution in [2.75, 3.05) is 7.11 Å². The number of halogens is 4. The molecule has 0 aliphatic carbocycles. The monoisotopic (exact) mass is 384 g/mol. The van der Waals surface area contributed by atoms with Crippen LogP contribution in [-0.4, -0.2) is 19.0 Å². The maximum absolute atomic E-state index is 12.7. The molecule has 0 aliphatic rings. The Morgan fingerprint density at radius 2 is 1.73 bits per heavy atom. The first-order valence-electron chi connectivity index (χ1n) is 7.15. The summed E-state index contributed by atoms with van der Waals surface area (Å²) in [5.74, 6) is -1.20. The minimum Gasteiger partial charge on any atom is -0.465 e. The molecule has 0 amide bonds. The topological polar surface area (TPSA) is 52.6 Å². The summed E-state index contributed by atoms with van der Waals surface area (Å²) in [5.41, 5.74) is -0.577. The largest absolute Gasteiger partial charge is 0.465 e. The Morgan fingerprint density at radius 3 is 2.31 bits per heavy atom. The zero-order chi connectivity index (χ0) is 19.3. The third kappa shape index (κ3) is 5.10. The molecule has 0 N–H and O–H groups in total. The quantitative estimate of drug-likeness (QED) is 0.433. The predicted octanol–water partition coefficient (Wildman–Crippen LogP) is 4.76. The molecule has 0 bridgehead atoms. The average molecular weight is 385 g/mol. The highest BCUT2D eigenvalue weighted by molar-refractivity contribution is 6.32. The van der Waals surface area contributed by atoms with Crippen molar-refractivity contribution in [1.82, 2.24) is 0 Å². The number of esters is 2. The van der Waals surface area contributed by atoms with E-state index >= 15 is 0 Å². The van der Waals surface area contributed by atoms with Gasteiger partial charge in [-0.3, -0.25) is 0 Å². The highest BCUT2D eigenvalue weighted by Gasteiger charge is 2.30. The Kier molecular flexibility index (Phi) is 6.05. The Hall–Kier alpha value is -2.80. The van der Waals surface area contributed by atoms with Gasteiger partial charge in [0, 0.05) is 11.1 Å². The second-order valence-electron chi connectivity index (χ2n) is 5.00. The van der Waals surface area contributed by atoms with E-state index in [1.165, 1.54) is 31.4 Å². The van der Waals surface area contributed by atoms with Crippen molar-refractivity contribution < 1.29 is 32.2 Å². The minimum atomic E-state index is -4.52. The molecule has 26 heavy (non-hydrogen) atoms. The van der Waals surface area contributed by atoms with Crippen molar-refractivity contribution in [3.05, 3.63) is 70.3 Å². The lowest BCUT2D eigenvalue weighted by Crippen LogP contribution is -2.06. The van der Waals surface area contributed by atoms with E-state index < -0.39 is 23.7 Å². The number of rotatable bonds is 4. The third-order valence-electron chi connectivity index (χ3n) is 3.22. The number of alkyl halides is 3. The maximum atomic E-state index is 12.7. The average Bonchev–Trinajstić information content (AvgIpc) is 2.60. The predicted molar refractivity (Wildman–Crippen MR) is 88.9 cm³/mol. The zero-order valence-electron chi connectivity index (χ0n) is 13.3. The van der Waals surface area contributed by atoms with Crippen molar-refractivity contribution in [1.29, 1.82) is 0 Å². The molecule has 0 aliphatic heterocycles. The summed E-state index contributed by atoms with van der Waals surface area (Å²) in [6, 6.07) is 8.35. The smallest absolute Gasteiger partial charge is 0.416 e. The Labute approximate surface area is 151 Å². The molecule has 4 nitrogen and oxygen atoms in total. The second-order valence-corrected chi connectivity index (χ2v) is 5.41. The van der Waals surface area contributed by atoms with Gasteiger partial charge in [-0.1, -0.05) is 11.6 Å². The molecule has 0 aromatic heterocycles. The number of benzene rings is 2. The van der Waals surface area contributed by atoms with Crippen molar-refractivity contribution in [3.63, 3.8) is 0 Å². The van der Waals surface area contributed by atoms with Crippen LogP contribution in [0.25, 0.3) is 6.08 Å². The Morgan fingerprint density at radius 1 is 1.08 bits per heavy atom. The van der Waals surface area contributed by atoms with Gasteiger partial charge in [0.2, 0.25) is 0 Å². The van der Waals surface area contributed by atoms with Gasteiger partial charge in [0.15, 0.2) is 0 Å². The van der Waals surface area contributed by atoms with Crippen LogP contribution in [0.3, 0.4) is 0 Å². The van der Waals surface area contributed by atoms with Gasteiger partial charge >= 0.3 is 18.1 Å². The van der Waals surface area contributed by atoms with Crippen LogP contribution in [0.15, 0.2) is 48.5 Å². The molecule has 0 unspecified atom stereocenters. The number of hydrogen-bond acceptors (Lipinski definition) is 4. The number of hydrogen-bond donors (Lipinski definition) is 0. The van der Waals surface area contributed by atoms with Crippen LogP contribution in [0.5, 0.6) is 5.75 Å². The molecule has 2 aromatic carbocycles. The molecule has 0 radical (unpaired) electrons. The van der Waals surface area contributed by atoms with Gasteiger partial charge in [0.05, 0.1) is 18.2 Å². The molecular formula is C18H12ClF3O4. The number of carbonyl (C=O) groups excluding carboxylic acids is 2. The van der Waals surface area contributed by atoms with Gasteiger partial charge in [0.1, 0.15) is 5.75 Å². The Balaban J connectivity index is 2.09. The molecule has 0 saturated carbocycles. The summed E-state index contributed by atoms with van der Waals surface area (Å²) in [6.45, 7) is 0. The summed E-state index contributed by atoms with van der Waals surface area (Å²) in [6.07, 6.45) is -2.44. The van der Waals surface area contributed by atoms with E-state index in [2.05, 4.69) is 4.74 Å². The lowest BCUT2D eigenvalue weighted by Gasteiger charge is -2.08. The van der Waals surface area contributed by atoms with E-state index in [1.807, 2.05) is 0 Å². The number of ether oxygens (including phenoxy) is 2. The van der Waals surface area contributed by atoms with Crippen LogP contribution < -0.4 is 4.74 Å². The number of carbonyl (C=O) groups is 2. The molecule has 2 aromatic rings. The lowest BCUT2D eigenvalue weighted by atomic mass is 10.1. The van der Waals surface area contributed by atoms with E-state index in [-0.39, 0.29) is 21.9 Å². The second kappa shape index (κ2) is 8.05. The minimum absolute atomic E-state index is 0.0273. The van der Waals surface area contributed by atoms with Crippen LogP contribution in [0.1, 0.15) is 21.5 Å². The normalized spacial score (nSPS) is 11.4. The highest BCUT2D eigenvalue weighted by Crippen LogP contribution is 2.32. The lowest BCUT2D eigenvalue weighted by molar-refractivity contribution is -0.137. The van der Waals surface area contributed by atoms with Crippen molar-refractivity contribution in [2.24, 2.45) is 0 Å². The van der Waals surface area contributed by atoms with Crippen molar-refractivity contribution in [3.8, 4) is 5.75 Å². The first-order valence-corrected chi connectivity index (χ1v) is 7.53. The summed E-state index contributed by atoms with van der Waals surface area (Å²) >= 11 is 5.84. The fraction of sp³-hybridized carbons (Fsp3) is 0.111. The summed E-state index contributed by atoms with van der Waals surface area (Å²) in [5, 5.41) is 0.0597. The third-order valence-corrected chi connectivity index (χ3v) is 3.56. The number of methoxy groups -OCH3 is 1. The van der Waals surface area contributed by atoms with Gasteiger partial charge in [-0.05, 0) is 54.1 Å². The molecule has 136 valence electrons. The van der Waals surface area contributed by atoms with Crippen LogP contribution in [0, 0.1) is 0 Å². The molecule has 0 saturated heterocycles. The first-order chi connectivity index (χ1) is 12.2. The van der Waals surface area contributed by atoms with Crippen LogP contribution in [0.4, 0.5) is 13.2 Å². The van der Waals surface area contributed by atoms with E-state index in [0.29, 0.717) is 0 Å². The van der Waals surface area contributed by atoms with E-state index in [4.69, 9.17) is 16.3 Å². The molecule has 0 atom stereocenters. The zero-order valence-corrected chi connectivity index (χ0v) is 14.1. The van der Waals surface area contributed by atoms with Crippen LogP contribution in [-0.2, 0) is 15.7 Å². The SMILES string of the molecule is COC(=O)c1ccc(OC(=O)/C=C/c2cc(C(F)(F)F)ccc2Cl)cc1. The molecule has 0 spiro atoms. The Bertz CT molecular complexity index is 843. The molecular weight excluding hydrogens is 373 g/mol. The van der Waals surface area contributed by atoms with Gasteiger partial charge in [-0.15, -0.1) is 0 Å². The van der Waals surface area contributed by atoms with Gasteiger partial charge in [0.25, 0.3) is 0 Å². The standard InChI is InChI=1S/C18H12ClF3O4/c1-25-17(24)11-2-6-14(7-3-11)26-16(23)9-4-12-10-13(18(20,21)22)5-8-15(12)19/h2-10H,1H3/b9-4+. The van der Waals surface area contributed by atoms with Crippen LogP contribution in [0.2, 0.25) is 5.02 Å². The molecule has 0 fully saturated rings. The maximum Gasteiger partial charge on any atom is 0.416 e. The van der Waals surface area contributed by atoms with E-state index in [0.717, 1.165) is 30.4 Å². The van der Waals surface area contributed by atoms with E-state index in [1.54, 1.807) is 0 Å². The van der Waals surface area contributed by atoms with Gasteiger partial charge < -0.3 is 9.47 Å². The highest BCUT2D eigenvalue weighted by atomic mass is 35.5. The van der Waals surface area contributed by atoms with Gasteiger partial charge in [-0.2, -0.15) is 13.2 Å². The summed E-state index contributed by atoms with van der Waals surface area (Å²) < 4.78 is 47.7. The van der Waals surface area contributed by atoms with Crippen LogP contribution >= 0.6 is 11.6 Å². The fourth-order valence-electron chi connectivity index (χ4n) is 1.93. The van der Waals surface area contributed by atoms with E-state index in [9.17, 15) is 22.8 Å². The summed E-state index contributed by atoms with van der Waals surface area (Å²) in [7, 11) is 1.24.